The first-order valence-electron chi connectivity index (χ1n) is 9.03. The molecule has 0 radical (unpaired) electrons. The van der Waals surface area contributed by atoms with Crippen LogP contribution in [-0.4, -0.2) is 32.9 Å². The normalized spacial score (nSPS) is 21.7. The Bertz CT molecular complexity index is 755. The second kappa shape index (κ2) is 7.22. The zero-order valence-electron chi connectivity index (χ0n) is 16.1. The van der Waals surface area contributed by atoms with Gasteiger partial charge in [-0.25, -0.2) is 9.97 Å². The highest BCUT2D eigenvalue weighted by molar-refractivity contribution is 5.28. The van der Waals surface area contributed by atoms with E-state index < -0.39 is 0 Å². The summed E-state index contributed by atoms with van der Waals surface area (Å²) >= 11 is 0. The maximum absolute atomic E-state index is 6.09. The molecule has 2 aromatic heterocycles. The molecular weight excluding hydrogens is 314 g/mol. The van der Waals surface area contributed by atoms with Gasteiger partial charge in [0, 0.05) is 60.9 Å². The highest BCUT2D eigenvalue weighted by atomic mass is 16.5. The van der Waals surface area contributed by atoms with Crippen LogP contribution >= 0.6 is 0 Å². The Morgan fingerprint density at radius 3 is 2.68 bits per heavy atom. The lowest BCUT2D eigenvalue weighted by Gasteiger charge is -2.23. The molecule has 136 valence electrons. The van der Waals surface area contributed by atoms with Crippen molar-refractivity contribution in [1.82, 2.24) is 25.1 Å². The minimum Gasteiger partial charge on any atom is -0.373 e. The average Bonchev–Trinajstić information content (AvgIpc) is 3.09. The van der Waals surface area contributed by atoms with Gasteiger partial charge in [0.25, 0.3) is 0 Å². The van der Waals surface area contributed by atoms with Gasteiger partial charge in [-0.15, -0.1) is 0 Å². The van der Waals surface area contributed by atoms with Crippen LogP contribution in [0.25, 0.3) is 0 Å². The van der Waals surface area contributed by atoms with Crippen molar-refractivity contribution in [2.75, 3.05) is 13.2 Å². The fourth-order valence-electron chi connectivity index (χ4n) is 3.82. The molecule has 0 amide bonds. The Morgan fingerprint density at radius 1 is 1.28 bits per heavy atom. The molecule has 1 unspecified atom stereocenters. The number of ether oxygens (including phenoxy) is 1. The summed E-state index contributed by atoms with van der Waals surface area (Å²) in [5.41, 5.74) is 5.74. The van der Waals surface area contributed by atoms with E-state index in [9.17, 15) is 0 Å². The molecule has 1 aliphatic heterocycles. The molecule has 25 heavy (non-hydrogen) atoms. The second-order valence-corrected chi connectivity index (χ2v) is 7.14. The summed E-state index contributed by atoms with van der Waals surface area (Å²) in [6.07, 6.45) is 3.14. The van der Waals surface area contributed by atoms with Crippen LogP contribution in [0.1, 0.15) is 59.5 Å². The molecule has 3 atom stereocenters. The lowest BCUT2D eigenvalue weighted by atomic mass is 9.93. The summed E-state index contributed by atoms with van der Waals surface area (Å²) in [4.78, 5) is 8.82. The van der Waals surface area contributed by atoms with E-state index in [1.807, 2.05) is 31.8 Å². The summed E-state index contributed by atoms with van der Waals surface area (Å²) in [6, 6.07) is 0.220. The predicted molar refractivity (Wildman–Crippen MR) is 97.4 cm³/mol. The van der Waals surface area contributed by atoms with Gasteiger partial charge in [-0.3, -0.25) is 4.68 Å². The second-order valence-electron chi connectivity index (χ2n) is 7.14. The molecule has 6 nitrogen and oxygen atoms in total. The maximum atomic E-state index is 6.09. The number of aromatic nitrogens is 4. The Morgan fingerprint density at radius 2 is 2.04 bits per heavy atom. The Kier molecular flexibility index (Phi) is 5.20. The standard InChI is InChI=1S/C19H29N5O/c1-11(17-10-21-15(5)22-12(17)2)20-9-16-7-8-25-19(16)18-13(3)23-24(6)14(18)4/h10-11,16,19-20H,7-9H2,1-6H3/t11?,16-,19+/m1/s1. The van der Waals surface area contributed by atoms with E-state index in [1.165, 1.54) is 11.3 Å². The van der Waals surface area contributed by atoms with Crippen LogP contribution in [0.2, 0.25) is 0 Å². The molecule has 0 spiro atoms. The summed E-state index contributed by atoms with van der Waals surface area (Å²) in [7, 11) is 2.00. The third kappa shape index (κ3) is 3.60. The maximum Gasteiger partial charge on any atom is 0.125 e. The molecule has 0 aliphatic carbocycles. The van der Waals surface area contributed by atoms with Crippen molar-refractivity contribution in [3.05, 3.63) is 40.2 Å². The minimum absolute atomic E-state index is 0.128. The lowest BCUT2D eigenvalue weighted by Crippen LogP contribution is -2.28. The zero-order chi connectivity index (χ0) is 18.1. The van der Waals surface area contributed by atoms with Crippen molar-refractivity contribution in [3.63, 3.8) is 0 Å². The Balaban J connectivity index is 1.69. The summed E-state index contributed by atoms with van der Waals surface area (Å²) in [6.45, 7) is 12.1. The van der Waals surface area contributed by atoms with Crippen molar-refractivity contribution >= 4 is 0 Å². The summed E-state index contributed by atoms with van der Waals surface area (Å²) < 4.78 is 8.04. The fraction of sp³-hybridized carbons (Fsp3) is 0.632. The van der Waals surface area contributed by atoms with Gasteiger partial charge >= 0.3 is 0 Å². The van der Waals surface area contributed by atoms with Crippen molar-refractivity contribution < 1.29 is 4.74 Å². The van der Waals surface area contributed by atoms with Crippen molar-refractivity contribution in [2.45, 2.75) is 53.2 Å². The molecular formula is C19H29N5O. The van der Waals surface area contributed by atoms with Gasteiger partial charge in [0.2, 0.25) is 0 Å². The number of nitrogens with one attached hydrogen (secondary N) is 1. The van der Waals surface area contributed by atoms with Crippen molar-refractivity contribution in [3.8, 4) is 0 Å². The monoisotopic (exact) mass is 343 g/mol. The SMILES string of the molecule is Cc1ncc(C(C)NC[C@H]2CCO[C@@H]2c2c(C)nn(C)c2C)c(C)n1. The van der Waals surface area contributed by atoms with E-state index in [-0.39, 0.29) is 12.1 Å². The molecule has 1 saturated heterocycles. The van der Waals surface area contributed by atoms with Gasteiger partial charge in [0.1, 0.15) is 5.82 Å². The highest BCUT2D eigenvalue weighted by Gasteiger charge is 2.33. The van der Waals surface area contributed by atoms with Gasteiger partial charge < -0.3 is 10.1 Å². The third-order valence-corrected chi connectivity index (χ3v) is 5.35. The van der Waals surface area contributed by atoms with E-state index in [4.69, 9.17) is 4.74 Å². The van der Waals surface area contributed by atoms with E-state index in [0.29, 0.717) is 5.92 Å². The molecule has 3 heterocycles. The zero-order valence-corrected chi connectivity index (χ0v) is 16.1. The number of nitrogens with zero attached hydrogens (tertiary/aromatic N) is 4. The first-order chi connectivity index (χ1) is 11.9. The predicted octanol–water partition coefficient (Wildman–Crippen LogP) is 2.87. The van der Waals surface area contributed by atoms with Crippen LogP contribution < -0.4 is 5.32 Å². The quantitative estimate of drug-likeness (QED) is 0.904. The molecule has 1 aliphatic rings. The highest BCUT2D eigenvalue weighted by Crippen LogP contribution is 2.37. The topological polar surface area (TPSA) is 64.9 Å². The smallest absolute Gasteiger partial charge is 0.125 e. The molecule has 6 heteroatoms. The van der Waals surface area contributed by atoms with E-state index in [0.717, 1.165) is 42.3 Å². The fourth-order valence-corrected chi connectivity index (χ4v) is 3.82. The summed E-state index contributed by atoms with van der Waals surface area (Å²) in [5, 5.41) is 8.21. The Labute approximate surface area is 150 Å². The van der Waals surface area contributed by atoms with Gasteiger partial charge in [-0.2, -0.15) is 5.10 Å². The van der Waals surface area contributed by atoms with E-state index in [1.54, 1.807) is 0 Å². The van der Waals surface area contributed by atoms with Gasteiger partial charge in [0.05, 0.1) is 11.8 Å². The van der Waals surface area contributed by atoms with Crippen LogP contribution in [0.4, 0.5) is 0 Å². The van der Waals surface area contributed by atoms with Crippen LogP contribution in [0, 0.1) is 33.6 Å². The number of rotatable bonds is 5. The molecule has 0 saturated carbocycles. The van der Waals surface area contributed by atoms with E-state index in [2.05, 4.69) is 41.2 Å². The van der Waals surface area contributed by atoms with Crippen LogP contribution in [-0.2, 0) is 11.8 Å². The number of aryl methyl sites for hydroxylation is 4. The third-order valence-electron chi connectivity index (χ3n) is 5.35. The van der Waals surface area contributed by atoms with E-state index >= 15 is 0 Å². The van der Waals surface area contributed by atoms with Crippen molar-refractivity contribution in [2.24, 2.45) is 13.0 Å². The molecule has 2 aromatic rings. The largest absolute Gasteiger partial charge is 0.373 e. The van der Waals surface area contributed by atoms with Crippen molar-refractivity contribution in [1.29, 1.82) is 0 Å². The number of hydrogen-bond acceptors (Lipinski definition) is 5. The Hall–Kier alpha value is -1.79. The average molecular weight is 343 g/mol. The van der Waals surface area contributed by atoms with Gasteiger partial charge in [0.15, 0.2) is 0 Å². The number of hydrogen-bond donors (Lipinski definition) is 1. The molecule has 1 fully saturated rings. The minimum atomic E-state index is 0.128. The molecule has 0 bridgehead atoms. The first kappa shape index (κ1) is 18.0. The lowest BCUT2D eigenvalue weighted by molar-refractivity contribution is 0.0888. The van der Waals surface area contributed by atoms with Crippen LogP contribution in [0.15, 0.2) is 6.20 Å². The van der Waals surface area contributed by atoms with Crippen LogP contribution in [0.5, 0.6) is 0 Å². The van der Waals surface area contributed by atoms with Gasteiger partial charge in [-0.05, 0) is 41.0 Å². The molecule has 3 rings (SSSR count). The van der Waals surface area contributed by atoms with Crippen LogP contribution in [0.3, 0.4) is 0 Å². The van der Waals surface area contributed by atoms with Gasteiger partial charge in [-0.1, -0.05) is 0 Å². The molecule has 1 N–H and O–H groups in total. The first-order valence-corrected chi connectivity index (χ1v) is 9.03. The molecule has 0 aromatic carbocycles. The summed E-state index contributed by atoms with van der Waals surface area (Å²) in [5.74, 6) is 1.27.